The minimum atomic E-state index is -0.268. The first-order valence-electron chi connectivity index (χ1n) is 8.25. The van der Waals surface area contributed by atoms with Gasteiger partial charge in [-0.3, -0.25) is 4.79 Å². The lowest BCUT2D eigenvalue weighted by Gasteiger charge is -2.24. The Balaban J connectivity index is 1.97. The molecule has 1 amide bonds. The zero-order valence-electron chi connectivity index (χ0n) is 15.2. The number of carbonyl (C=O) groups is 1. The Morgan fingerprint density at radius 3 is 2.58 bits per heavy atom. The maximum Gasteiger partial charge on any atom is 0.239 e. The predicted molar refractivity (Wildman–Crippen MR) is 109 cm³/mol. The number of rotatable bonds is 4. The molecule has 0 saturated carbocycles. The molecule has 0 aliphatic heterocycles. The summed E-state index contributed by atoms with van der Waals surface area (Å²) in [6.07, 6.45) is 1.54. The second-order valence-electron chi connectivity index (χ2n) is 7.19. The Labute approximate surface area is 162 Å². The third-order valence-corrected chi connectivity index (χ3v) is 4.90. The van der Waals surface area contributed by atoms with Gasteiger partial charge in [-0.1, -0.05) is 23.7 Å². The van der Waals surface area contributed by atoms with Crippen molar-refractivity contribution >= 4 is 44.9 Å². The summed E-state index contributed by atoms with van der Waals surface area (Å²) in [6.45, 7) is 6.11. The van der Waals surface area contributed by atoms with Gasteiger partial charge in [-0.2, -0.15) is 0 Å². The lowest BCUT2D eigenvalue weighted by Crippen LogP contribution is -2.45. The highest BCUT2D eigenvalue weighted by molar-refractivity contribution is 7.17. The van der Waals surface area contributed by atoms with Crippen LogP contribution in [0.3, 0.4) is 0 Å². The number of amides is 1. The van der Waals surface area contributed by atoms with Crippen molar-refractivity contribution in [3.63, 3.8) is 0 Å². The molecule has 0 atom stereocenters. The lowest BCUT2D eigenvalue weighted by molar-refractivity contribution is -0.121. The maximum atomic E-state index is 12.3. The van der Waals surface area contributed by atoms with Crippen LogP contribution in [0.5, 0.6) is 0 Å². The number of fused-ring (bicyclic) bond motifs is 1. The van der Waals surface area contributed by atoms with Crippen LogP contribution in [0, 0.1) is 0 Å². The summed E-state index contributed by atoms with van der Waals surface area (Å²) in [4.78, 5) is 23.9. The number of nitrogens with one attached hydrogen (secondary N) is 1. The van der Waals surface area contributed by atoms with Crippen LogP contribution in [0.2, 0.25) is 5.02 Å². The number of anilines is 1. The molecule has 0 aliphatic carbocycles. The highest BCUT2D eigenvalue weighted by Crippen LogP contribution is 2.37. The molecule has 1 aromatic carbocycles. The van der Waals surface area contributed by atoms with Gasteiger partial charge in [0.05, 0.1) is 11.9 Å². The molecule has 0 saturated heterocycles. The van der Waals surface area contributed by atoms with Crippen molar-refractivity contribution in [1.29, 1.82) is 0 Å². The quantitative estimate of drug-likeness (QED) is 0.721. The number of aromatic nitrogens is 2. The Morgan fingerprint density at radius 1 is 1.23 bits per heavy atom. The second kappa shape index (κ2) is 7.21. The van der Waals surface area contributed by atoms with Crippen LogP contribution in [-0.2, 0) is 4.79 Å². The van der Waals surface area contributed by atoms with E-state index in [2.05, 4.69) is 20.7 Å². The molecule has 0 unspecified atom stereocenters. The van der Waals surface area contributed by atoms with Crippen molar-refractivity contribution in [2.45, 2.75) is 26.3 Å². The largest absolute Gasteiger partial charge is 0.350 e. The molecule has 3 aromatic rings. The number of benzene rings is 1. The first kappa shape index (κ1) is 18.6. The van der Waals surface area contributed by atoms with Gasteiger partial charge in [0, 0.05) is 28.6 Å². The molecule has 0 fully saturated rings. The summed E-state index contributed by atoms with van der Waals surface area (Å²) in [5, 5.41) is 6.69. The van der Waals surface area contributed by atoms with Crippen molar-refractivity contribution in [3.8, 4) is 11.1 Å². The summed E-state index contributed by atoms with van der Waals surface area (Å²) < 4.78 is 0. The van der Waals surface area contributed by atoms with E-state index in [0.717, 1.165) is 27.2 Å². The molecule has 1 N–H and O–H groups in total. The van der Waals surface area contributed by atoms with E-state index in [1.54, 1.807) is 11.3 Å². The van der Waals surface area contributed by atoms with E-state index in [9.17, 15) is 4.79 Å². The number of halogens is 1. The lowest BCUT2D eigenvalue weighted by atomic mass is 10.1. The molecule has 0 aliphatic rings. The average molecular weight is 389 g/mol. The van der Waals surface area contributed by atoms with E-state index >= 15 is 0 Å². The van der Waals surface area contributed by atoms with Gasteiger partial charge in [-0.05, 0) is 38.5 Å². The fourth-order valence-corrected chi connectivity index (χ4v) is 3.78. The molecule has 3 rings (SSSR count). The fraction of sp³-hybridized carbons (Fsp3) is 0.316. The first-order chi connectivity index (χ1) is 12.2. The zero-order valence-corrected chi connectivity index (χ0v) is 16.8. The van der Waals surface area contributed by atoms with E-state index in [0.29, 0.717) is 5.02 Å². The normalized spacial score (nSPS) is 11.6. The number of thiophene rings is 1. The van der Waals surface area contributed by atoms with Crippen molar-refractivity contribution < 1.29 is 4.79 Å². The van der Waals surface area contributed by atoms with Crippen LogP contribution < -0.4 is 10.2 Å². The molecular formula is C19H21ClN4OS. The molecule has 136 valence electrons. The summed E-state index contributed by atoms with van der Waals surface area (Å²) >= 11 is 7.57. The number of hydrogen-bond acceptors (Lipinski definition) is 5. The predicted octanol–water partition coefficient (Wildman–Crippen LogP) is 4.36. The number of carbonyl (C=O) groups excluding carboxylic acids is 1. The van der Waals surface area contributed by atoms with Gasteiger partial charge >= 0.3 is 0 Å². The molecule has 0 spiro atoms. The van der Waals surface area contributed by atoms with Gasteiger partial charge in [0.1, 0.15) is 17.0 Å². The van der Waals surface area contributed by atoms with E-state index in [1.165, 1.54) is 6.33 Å². The van der Waals surface area contributed by atoms with E-state index in [-0.39, 0.29) is 18.0 Å². The SMILES string of the molecule is CN(CC(=O)NC(C)(C)C)c1ncnc2scc(-c3ccc(Cl)cc3)c12. The third-order valence-electron chi connectivity index (χ3n) is 3.76. The summed E-state index contributed by atoms with van der Waals surface area (Å²) in [5.41, 5.74) is 1.82. The molecular weight excluding hydrogens is 368 g/mol. The Hall–Kier alpha value is -2.18. The summed E-state index contributed by atoms with van der Waals surface area (Å²) in [6, 6.07) is 7.69. The molecule has 5 nitrogen and oxygen atoms in total. The highest BCUT2D eigenvalue weighted by Gasteiger charge is 2.19. The van der Waals surface area contributed by atoms with Crippen LogP contribution >= 0.6 is 22.9 Å². The third kappa shape index (κ3) is 4.14. The van der Waals surface area contributed by atoms with E-state index in [4.69, 9.17) is 11.6 Å². The van der Waals surface area contributed by atoms with Gasteiger partial charge in [0.25, 0.3) is 0 Å². The van der Waals surface area contributed by atoms with Gasteiger partial charge in [0.15, 0.2) is 0 Å². The van der Waals surface area contributed by atoms with Gasteiger partial charge in [0.2, 0.25) is 5.91 Å². The Morgan fingerprint density at radius 2 is 1.92 bits per heavy atom. The number of likely N-dealkylation sites (N-methyl/N-ethyl adjacent to an activating group) is 1. The van der Waals surface area contributed by atoms with Crippen molar-refractivity contribution in [1.82, 2.24) is 15.3 Å². The first-order valence-corrected chi connectivity index (χ1v) is 9.50. The fourth-order valence-electron chi connectivity index (χ4n) is 2.74. The minimum Gasteiger partial charge on any atom is -0.350 e. The van der Waals surface area contributed by atoms with Crippen LogP contribution in [0.1, 0.15) is 20.8 Å². The average Bonchev–Trinajstić information content (AvgIpc) is 2.97. The topological polar surface area (TPSA) is 58.1 Å². The summed E-state index contributed by atoms with van der Waals surface area (Å²) in [7, 11) is 1.87. The highest BCUT2D eigenvalue weighted by atomic mass is 35.5. The van der Waals surface area contributed by atoms with Crippen molar-refractivity contribution in [2.75, 3.05) is 18.5 Å². The van der Waals surface area contributed by atoms with E-state index in [1.807, 2.05) is 57.0 Å². The van der Waals surface area contributed by atoms with Gasteiger partial charge < -0.3 is 10.2 Å². The Bertz CT molecular complexity index is 931. The summed E-state index contributed by atoms with van der Waals surface area (Å²) in [5.74, 6) is 0.695. The smallest absolute Gasteiger partial charge is 0.239 e. The minimum absolute atomic E-state index is 0.0463. The number of nitrogens with zero attached hydrogens (tertiary/aromatic N) is 3. The van der Waals surface area contributed by atoms with Crippen LogP contribution in [0.25, 0.3) is 21.3 Å². The van der Waals surface area contributed by atoms with Gasteiger partial charge in [-0.25, -0.2) is 9.97 Å². The molecule has 0 radical (unpaired) electrons. The maximum absolute atomic E-state index is 12.3. The van der Waals surface area contributed by atoms with Crippen LogP contribution in [-0.4, -0.2) is 35.0 Å². The monoisotopic (exact) mass is 388 g/mol. The standard InChI is InChI=1S/C19H21ClN4OS/c1-19(2,3)23-15(25)9-24(4)17-16-14(10-26-18(16)22-11-21-17)12-5-7-13(20)8-6-12/h5-8,10-11H,9H2,1-4H3,(H,23,25). The Kier molecular flexibility index (Phi) is 5.16. The van der Waals surface area contributed by atoms with Crippen LogP contribution in [0.15, 0.2) is 36.0 Å². The second-order valence-corrected chi connectivity index (χ2v) is 8.48. The molecule has 7 heteroatoms. The molecule has 26 heavy (non-hydrogen) atoms. The van der Waals surface area contributed by atoms with Crippen molar-refractivity contribution in [3.05, 3.63) is 41.0 Å². The van der Waals surface area contributed by atoms with Crippen LogP contribution in [0.4, 0.5) is 5.82 Å². The zero-order chi connectivity index (χ0) is 18.9. The molecule has 0 bridgehead atoms. The van der Waals surface area contributed by atoms with E-state index < -0.39 is 0 Å². The molecule has 2 aromatic heterocycles. The molecule has 2 heterocycles. The van der Waals surface area contributed by atoms with Crippen molar-refractivity contribution in [2.24, 2.45) is 0 Å². The number of hydrogen-bond donors (Lipinski definition) is 1. The van der Waals surface area contributed by atoms with Gasteiger partial charge in [-0.15, -0.1) is 11.3 Å².